The van der Waals surface area contributed by atoms with E-state index in [0.29, 0.717) is 13.1 Å². The molecule has 1 unspecified atom stereocenters. The average Bonchev–Trinajstić information content (AvgIpc) is 3.16. The second kappa shape index (κ2) is 8.47. The molecule has 0 aliphatic heterocycles. The first kappa shape index (κ1) is 19.2. The molecule has 1 heterocycles. The standard InChI is InChI=1S/C24H26N4O/c1-2-20-14-19-15-21(9-10-22(19)27-20)28-24(29)23(26-12-11-25)18-8-7-16-5-3-4-6-17(16)13-18/h3-10,13-15,23,26-27H,2,11-12,25H2,1H3,(H,28,29). The third kappa shape index (κ3) is 4.16. The van der Waals surface area contributed by atoms with Crippen molar-refractivity contribution in [3.05, 3.63) is 78.0 Å². The largest absolute Gasteiger partial charge is 0.358 e. The molecule has 0 aliphatic carbocycles. The van der Waals surface area contributed by atoms with Gasteiger partial charge in [-0.25, -0.2) is 0 Å². The van der Waals surface area contributed by atoms with Gasteiger partial charge in [-0.05, 0) is 53.1 Å². The van der Waals surface area contributed by atoms with Crippen molar-refractivity contribution in [1.82, 2.24) is 10.3 Å². The van der Waals surface area contributed by atoms with Gasteiger partial charge < -0.3 is 21.4 Å². The summed E-state index contributed by atoms with van der Waals surface area (Å²) in [4.78, 5) is 16.5. The van der Waals surface area contributed by atoms with Gasteiger partial charge in [-0.2, -0.15) is 0 Å². The van der Waals surface area contributed by atoms with Crippen molar-refractivity contribution >= 4 is 33.3 Å². The Balaban J connectivity index is 1.60. The van der Waals surface area contributed by atoms with Crippen molar-refractivity contribution in [2.45, 2.75) is 19.4 Å². The summed E-state index contributed by atoms with van der Waals surface area (Å²) in [5, 5.41) is 9.69. The molecule has 4 aromatic rings. The van der Waals surface area contributed by atoms with E-state index in [1.165, 1.54) is 5.69 Å². The third-order valence-corrected chi connectivity index (χ3v) is 5.19. The van der Waals surface area contributed by atoms with E-state index in [1.54, 1.807) is 0 Å². The minimum absolute atomic E-state index is 0.0978. The zero-order valence-electron chi connectivity index (χ0n) is 16.5. The van der Waals surface area contributed by atoms with Crippen LogP contribution in [0.1, 0.15) is 24.2 Å². The van der Waals surface area contributed by atoms with Crippen molar-refractivity contribution < 1.29 is 4.79 Å². The summed E-state index contributed by atoms with van der Waals surface area (Å²) in [6.07, 6.45) is 0.948. The summed E-state index contributed by atoms with van der Waals surface area (Å²) in [6, 6.07) is 21.8. The molecule has 5 nitrogen and oxygen atoms in total. The number of H-pyrrole nitrogens is 1. The number of aromatic nitrogens is 1. The molecule has 0 aliphatic rings. The number of carbonyl (C=O) groups excluding carboxylic acids is 1. The predicted octanol–water partition coefficient (Wildman–Crippen LogP) is 4.11. The van der Waals surface area contributed by atoms with Crippen LogP contribution in [0, 0.1) is 0 Å². The van der Waals surface area contributed by atoms with E-state index in [2.05, 4.69) is 46.8 Å². The van der Waals surface area contributed by atoms with Crippen LogP contribution in [0.5, 0.6) is 0 Å². The highest BCUT2D eigenvalue weighted by Gasteiger charge is 2.20. The van der Waals surface area contributed by atoms with Crippen LogP contribution in [0.4, 0.5) is 5.69 Å². The molecule has 0 radical (unpaired) electrons. The Morgan fingerprint density at radius 2 is 1.83 bits per heavy atom. The summed E-state index contributed by atoms with van der Waals surface area (Å²) < 4.78 is 0. The lowest BCUT2D eigenvalue weighted by molar-refractivity contribution is -0.118. The Morgan fingerprint density at radius 3 is 2.62 bits per heavy atom. The lowest BCUT2D eigenvalue weighted by Gasteiger charge is -2.19. The molecule has 0 saturated heterocycles. The number of nitrogens with two attached hydrogens (primary N) is 1. The normalized spacial score (nSPS) is 12.3. The topological polar surface area (TPSA) is 82.9 Å². The first-order valence-electron chi connectivity index (χ1n) is 10.0. The highest BCUT2D eigenvalue weighted by molar-refractivity contribution is 5.98. The number of fused-ring (bicyclic) bond motifs is 2. The minimum Gasteiger partial charge on any atom is -0.358 e. The van der Waals surface area contributed by atoms with Crippen LogP contribution in [-0.4, -0.2) is 24.0 Å². The van der Waals surface area contributed by atoms with Crippen LogP contribution >= 0.6 is 0 Å². The minimum atomic E-state index is -0.476. The van der Waals surface area contributed by atoms with Gasteiger partial charge in [0.05, 0.1) is 0 Å². The molecule has 148 valence electrons. The second-order valence-corrected chi connectivity index (χ2v) is 7.22. The van der Waals surface area contributed by atoms with Gasteiger partial charge in [-0.3, -0.25) is 4.79 Å². The number of anilines is 1. The summed E-state index contributed by atoms with van der Waals surface area (Å²) in [7, 11) is 0. The van der Waals surface area contributed by atoms with Gasteiger partial charge in [0.15, 0.2) is 0 Å². The molecular formula is C24H26N4O. The summed E-state index contributed by atoms with van der Waals surface area (Å²) in [5.41, 5.74) is 9.64. The number of aryl methyl sites for hydroxylation is 1. The molecule has 0 fully saturated rings. The quantitative estimate of drug-likeness (QED) is 0.386. The van der Waals surface area contributed by atoms with E-state index < -0.39 is 6.04 Å². The van der Waals surface area contributed by atoms with E-state index in [-0.39, 0.29) is 5.91 Å². The lowest BCUT2D eigenvalue weighted by atomic mass is 10.0. The smallest absolute Gasteiger partial charge is 0.246 e. The molecular weight excluding hydrogens is 360 g/mol. The molecule has 1 atom stereocenters. The van der Waals surface area contributed by atoms with E-state index in [4.69, 9.17) is 5.73 Å². The zero-order valence-corrected chi connectivity index (χ0v) is 16.5. The van der Waals surface area contributed by atoms with Gasteiger partial charge in [0.2, 0.25) is 5.91 Å². The summed E-state index contributed by atoms with van der Waals surface area (Å²) in [5.74, 6) is -0.0978. The van der Waals surface area contributed by atoms with Crippen LogP contribution in [0.25, 0.3) is 21.7 Å². The van der Waals surface area contributed by atoms with Crippen molar-refractivity contribution in [3.63, 3.8) is 0 Å². The van der Waals surface area contributed by atoms with Gasteiger partial charge in [0.1, 0.15) is 6.04 Å². The molecule has 5 N–H and O–H groups in total. The maximum absolute atomic E-state index is 13.1. The Morgan fingerprint density at radius 1 is 1.00 bits per heavy atom. The van der Waals surface area contributed by atoms with Crippen molar-refractivity contribution in [3.8, 4) is 0 Å². The SMILES string of the molecule is CCc1cc2cc(NC(=O)C(NCCN)c3ccc4ccccc4c3)ccc2[nH]1. The molecule has 29 heavy (non-hydrogen) atoms. The maximum Gasteiger partial charge on any atom is 0.246 e. The number of nitrogens with one attached hydrogen (secondary N) is 3. The number of rotatable bonds is 7. The van der Waals surface area contributed by atoms with Gasteiger partial charge in [-0.1, -0.05) is 43.3 Å². The van der Waals surface area contributed by atoms with Gasteiger partial charge in [0.25, 0.3) is 0 Å². The third-order valence-electron chi connectivity index (χ3n) is 5.19. The molecule has 0 spiro atoms. The molecule has 5 heteroatoms. The van der Waals surface area contributed by atoms with Gasteiger partial charge in [0, 0.05) is 35.4 Å². The molecule has 3 aromatic carbocycles. The summed E-state index contributed by atoms with van der Waals surface area (Å²) in [6.45, 7) is 3.14. The molecule has 1 aromatic heterocycles. The first-order chi connectivity index (χ1) is 14.2. The van der Waals surface area contributed by atoms with Crippen molar-refractivity contribution in [2.75, 3.05) is 18.4 Å². The Kier molecular flexibility index (Phi) is 5.60. The predicted molar refractivity (Wildman–Crippen MR) is 120 cm³/mol. The average molecular weight is 386 g/mol. The maximum atomic E-state index is 13.1. The summed E-state index contributed by atoms with van der Waals surface area (Å²) >= 11 is 0. The van der Waals surface area contributed by atoms with E-state index in [9.17, 15) is 4.79 Å². The van der Waals surface area contributed by atoms with Crippen LogP contribution in [-0.2, 0) is 11.2 Å². The highest BCUT2D eigenvalue weighted by Crippen LogP contribution is 2.24. The molecule has 0 bridgehead atoms. The van der Waals surface area contributed by atoms with Crippen LogP contribution < -0.4 is 16.4 Å². The van der Waals surface area contributed by atoms with Crippen LogP contribution in [0.15, 0.2) is 66.7 Å². The molecule has 0 saturated carbocycles. The van der Waals surface area contributed by atoms with Gasteiger partial charge >= 0.3 is 0 Å². The van der Waals surface area contributed by atoms with Crippen molar-refractivity contribution in [1.29, 1.82) is 0 Å². The highest BCUT2D eigenvalue weighted by atomic mass is 16.2. The fraction of sp³-hybridized carbons (Fsp3) is 0.208. The Hall–Kier alpha value is -3.15. The number of carbonyl (C=O) groups is 1. The second-order valence-electron chi connectivity index (χ2n) is 7.22. The zero-order chi connectivity index (χ0) is 20.2. The molecule has 1 amide bonds. The Bertz CT molecular complexity index is 1150. The fourth-order valence-corrected chi connectivity index (χ4v) is 3.65. The van der Waals surface area contributed by atoms with Crippen LogP contribution in [0.3, 0.4) is 0 Å². The number of aromatic amines is 1. The van der Waals surface area contributed by atoms with E-state index >= 15 is 0 Å². The fourth-order valence-electron chi connectivity index (χ4n) is 3.65. The monoisotopic (exact) mass is 386 g/mol. The van der Waals surface area contributed by atoms with Gasteiger partial charge in [-0.15, -0.1) is 0 Å². The number of benzene rings is 3. The van der Waals surface area contributed by atoms with Crippen LogP contribution in [0.2, 0.25) is 0 Å². The first-order valence-corrected chi connectivity index (χ1v) is 10.0. The van der Waals surface area contributed by atoms with Crippen molar-refractivity contribution in [2.24, 2.45) is 5.73 Å². The molecule has 4 rings (SSSR count). The number of hydrogen-bond acceptors (Lipinski definition) is 3. The Labute approximate surface area is 170 Å². The van der Waals surface area contributed by atoms with E-state index in [1.807, 2.05) is 42.5 Å². The number of amides is 1. The van der Waals surface area contributed by atoms with E-state index in [0.717, 1.165) is 39.3 Å². The lowest BCUT2D eigenvalue weighted by Crippen LogP contribution is -2.35. The number of hydrogen-bond donors (Lipinski definition) is 4.